The van der Waals surface area contributed by atoms with Crippen LogP contribution in [-0.4, -0.2) is 29.1 Å². The van der Waals surface area contributed by atoms with Crippen molar-refractivity contribution in [3.8, 4) is 0 Å². The molecule has 1 aromatic heterocycles. The van der Waals surface area contributed by atoms with Crippen molar-refractivity contribution in [2.24, 2.45) is 0 Å². The minimum atomic E-state index is -0.985. The van der Waals surface area contributed by atoms with E-state index in [4.69, 9.17) is 0 Å². The van der Waals surface area contributed by atoms with Crippen LogP contribution in [0, 0.1) is 5.82 Å². The van der Waals surface area contributed by atoms with Gasteiger partial charge in [-0.2, -0.15) is 0 Å². The summed E-state index contributed by atoms with van der Waals surface area (Å²) in [6.07, 6.45) is 3.89. The normalized spacial score (nSPS) is 15.6. The number of aromatic nitrogens is 1. The van der Waals surface area contributed by atoms with Gasteiger partial charge in [0, 0.05) is 28.6 Å². The molecule has 0 unspecified atom stereocenters. The number of carboxylic acid groups (broad SMARTS) is 1. The van der Waals surface area contributed by atoms with Crippen molar-refractivity contribution in [3.63, 3.8) is 0 Å². The summed E-state index contributed by atoms with van der Waals surface area (Å²) >= 11 is 1.42. The lowest BCUT2D eigenvalue weighted by Crippen LogP contribution is -2.34. The van der Waals surface area contributed by atoms with Crippen LogP contribution in [0.1, 0.15) is 27.5 Å². The molecule has 0 fully saturated rings. The maximum Gasteiger partial charge on any atom is 0.337 e. The molecule has 1 aliphatic heterocycles. The van der Waals surface area contributed by atoms with Crippen molar-refractivity contribution in [1.29, 1.82) is 0 Å². The Balaban J connectivity index is 1.50. The molecule has 1 atom stereocenters. The summed E-state index contributed by atoms with van der Waals surface area (Å²) in [4.78, 5) is 17.0. The fraction of sp³-hybridized carbons (Fsp3) is 0.182. The van der Waals surface area contributed by atoms with Crippen LogP contribution in [-0.2, 0) is 6.42 Å². The highest BCUT2D eigenvalue weighted by atomic mass is 32.2. The van der Waals surface area contributed by atoms with Gasteiger partial charge in [-0.1, -0.05) is 30.0 Å². The van der Waals surface area contributed by atoms with Gasteiger partial charge in [0.25, 0.3) is 0 Å². The summed E-state index contributed by atoms with van der Waals surface area (Å²) in [5.41, 5.74) is 3.09. The van der Waals surface area contributed by atoms with Crippen LogP contribution >= 0.6 is 11.8 Å². The largest absolute Gasteiger partial charge is 0.478 e. The Kier molecular flexibility index (Phi) is 5.78. The van der Waals surface area contributed by atoms with Crippen LogP contribution < -0.4 is 10.6 Å². The molecule has 29 heavy (non-hydrogen) atoms. The summed E-state index contributed by atoms with van der Waals surface area (Å²) in [7, 11) is 0. The highest BCUT2D eigenvalue weighted by Crippen LogP contribution is 2.33. The van der Waals surface area contributed by atoms with E-state index in [1.165, 1.54) is 47.4 Å². The van der Waals surface area contributed by atoms with E-state index in [2.05, 4.69) is 27.8 Å². The first-order valence-corrected chi connectivity index (χ1v) is 10.1. The molecule has 0 aliphatic carbocycles. The van der Waals surface area contributed by atoms with Crippen LogP contribution in [0.3, 0.4) is 0 Å². The molecule has 0 saturated carbocycles. The average Bonchev–Trinajstić information content (AvgIpc) is 2.74. The third-order valence-corrected chi connectivity index (χ3v) is 5.93. The first-order chi connectivity index (χ1) is 14.1. The van der Waals surface area contributed by atoms with Crippen molar-refractivity contribution < 1.29 is 14.3 Å². The molecule has 0 radical (unpaired) electrons. The highest BCUT2D eigenvalue weighted by molar-refractivity contribution is 7.99. The quantitative estimate of drug-likeness (QED) is 0.561. The third-order valence-electron chi connectivity index (χ3n) is 4.89. The molecule has 4 rings (SSSR count). The summed E-state index contributed by atoms with van der Waals surface area (Å²) < 4.78 is 13.9. The Bertz CT molecular complexity index is 1040. The van der Waals surface area contributed by atoms with E-state index in [0.29, 0.717) is 17.1 Å². The molecule has 3 aromatic rings. The number of anilines is 1. The molecule has 1 aliphatic rings. The van der Waals surface area contributed by atoms with Gasteiger partial charge >= 0.3 is 5.97 Å². The molecule has 0 bridgehead atoms. The lowest BCUT2D eigenvalue weighted by Gasteiger charge is -2.28. The Morgan fingerprint density at radius 2 is 2.14 bits per heavy atom. The second-order valence-electron chi connectivity index (χ2n) is 6.76. The number of nitrogens with one attached hydrogen (secondary N) is 2. The lowest BCUT2D eigenvalue weighted by molar-refractivity contribution is 0.0697. The van der Waals surface area contributed by atoms with Gasteiger partial charge in [-0.25, -0.2) is 9.18 Å². The minimum absolute atomic E-state index is 0.0492. The van der Waals surface area contributed by atoms with E-state index in [1.807, 2.05) is 12.1 Å². The van der Waals surface area contributed by atoms with E-state index in [0.717, 1.165) is 17.9 Å². The van der Waals surface area contributed by atoms with Gasteiger partial charge in [-0.05, 0) is 54.4 Å². The fourth-order valence-corrected chi connectivity index (χ4v) is 4.37. The van der Waals surface area contributed by atoms with Gasteiger partial charge in [-0.3, -0.25) is 4.98 Å². The number of rotatable bonds is 6. The SMILES string of the molecule is O=C(O)c1ccncc1NC[C@H]1NCCc2cc(Sc3ccccc3F)ccc21. The summed E-state index contributed by atoms with van der Waals surface area (Å²) in [6.45, 7) is 1.37. The number of halogens is 1. The van der Waals surface area contributed by atoms with Crippen molar-refractivity contribution in [2.45, 2.75) is 22.3 Å². The standard InChI is InChI=1S/C22H20FN3O2S/c23-18-3-1-2-4-21(18)29-15-5-6-16-14(11-15)7-10-25-20(16)13-26-19-12-24-9-8-17(19)22(27)28/h1-6,8-9,11-12,20,25-26H,7,10,13H2,(H,27,28)/t20-/m1/s1. The maximum absolute atomic E-state index is 13.9. The monoisotopic (exact) mass is 409 g/mol. The number of carboxylic acids is 1. The molecule has 148 valence electrons. The average molecular weight is 409 g/mol. The van der Waals surface area contributed by atoms with E-state index >= 15 is 0 Å². The van der Waals surface area contributed by atoms with Crippen LogP contribution in [0.2, 0.25) is 0 Å². The minimum Gasteiger partial charge on any atom is -0.478 e. The number of carbonyl (C=O) groups is 1. The molecule has 5 nitrogen and oxygen atoms in total. The van der Waals surface area contributed by atoms with Crippen LogP contribution in [0.4, 0.5) is 10.1 Å². The highest BCUT2D eigenvalue weighted by Gasteiger charge is 2.21. The van der Waals surface area contributed by atoms with Gasteiger partial charge < -0.3 is 15.7 Å². The number of hydrogen-bond acceptors (Lipinski definition) is 5. The molecule has 3 N–H and O–H groups in total. The first-order valence-electron chi connectivity index (χ1n) is 9.31. The zero-order valence-electron chi connectivity index (χ0n) is 15.6. The number of fused-ring (bicyclic) bond motifs is 1. The van der Waals surface area contributed by atoms with Gasteiger partial charge in [-0.15, -0.1) is 0 Å². The molecular weight excluding hydrogens is 389 g/mol. The molecule has 0 saturated heterocycles. The Labute approximate surface area is 172 Å². The van der Waals surface area contributed by atoms with Gasteiger partial charge in [0.1, 0.15) is 5.82 Å². The summed E-state index contributed by atoms with van der Waals surface area (Å²) in [6, 6.07) is 14.5. The molecule has 0 spiro atoms. The zero-order chi connectivity index (χ0) is 20.2. The Hall–Kier alpha value is -2.90. The van der Waals surface area contributed by atoms with Crippen molar-refractivity contribution in [2.75, 3.05) is 18.4 Å². The van der Waals surface area contributed by atoms with Crippen molar-refractivity contribution in [1.82, 2.24) is 10.3 Å². The van der Waals surface area contributed by atoms with Gasteiger partial charge in [0.15, 0.2) is 0 Å². The fourth-order valence-electron chi connectivity index (χ4n) is 3.46. The van der Waals surface area contributed by atoms with E-state index in [1.54, 1.807) is 12.1 Å². The van der Waals surface area contributed by atoms with Crippen LogP contribution in [0.25, 0.3) is 0 Å². The Morgan fingerprint density at radius 1 is 1.28 bits per heavy atom. The number of aromatic carboxylic acids is 1. The van der Waals surface area contributed by atoms with Crippen LogP contribution in [0.15, 0.2) is 70.7 Å². The maximum atomic E-state index is 13.9. The summed E-state index contributed by atoms with van der Waals surface area (Å²) in [5.74, 6) is -1.20. The first kappa shape index (κ1) is 19.4. The second kappa shape index (κ2) is 8.63. The Morgan fingerprint density at radius 3 is 2.97 bits per heavy atom. The number of hydrogen-bond donors (Lipinski definition) is 3. The smallest absolute Gasteiger partial charge is 0.337 e. The molecule has 7 heteroatoms. The van der Waals surface area contributed by atoms with E-state index < -0.39 is 5.97 Å². The second-order valence-corrected chi connectivity index (χ2v) is 7.87. The van der Waals surface area contributed by atoms with E-state index in [-0.39, 0.29) is 17.4 Å². The molecular formula is C22H20FN3O2S. The summed E-state index contributed by atoms with van der Waals surface area (Å²) in [5, 5.41) is 16.0. The number of pyridine rings is 1. The van der Waals surface area contributed by atoms with Gasteiger partial charge in [0.2, 0.25) is 0 Å². The molecule has 2 heterocycles. The predicted octanol–water partition coefficient (Wildman–Crippen LogP) is 4.37. The van der Waals surface area contributed by atoms with Crippen LogP contribution in [0.5, 0.6) is 0 Å². The zero-order valence-corrected chi connectivity index (χ0v) is 16.4. The van der Waals surface area contributed by atoms with E-state index in [9.17, 15) is 14.3 Å². The number of nitrogens with zero attached hydrogens (tertiary/aromatic N) is 1. The lowest BCUT2D eigenvalue weighted by atomic mass is 9.94. The molecule has 0 amide bonds. The van der Waals surface area contributed by atoms with Crippen molar-refractivity contribution in [3.05, 3.63) is 83.4 Å². The predicted molar refractivity (Wildman–Crippen MR) is 111 cm³/mol. The third kappa shape index (κ3) is 4.41. The molecule has 2 aromatic carbocycles. The topological polar surface area (TPSA) is 74.2 Å². The number of benzene rings is 2. The van der Waals surface area contributed by atoms with Gasteiger partial charge in [0.05, 0.1) is 17.4 Å². The van der Waals surface area contributed by atoms with Crippen molar-refractivity contribution >= 4 is 23.4 Å².